The van der Waals surface area contributed by atoms with E-state index >= 15 is 0 Å². The fourth-order valence-corrected chi connectivity index (χ4v) is 2.14. The number of para-hydroxylation sites is 4. The summed E-state index contributed by atoms with van der Waals surface area (Å²) < 4.78 is 22.6. The van der Waals surface area contributed by atoms with Crippen LogP contribution in [0.1, 0.15) is 13.8 Å². The molecule has 0 aliphatic carbocycles. The standard InChI is InChI=1S/C19H26N2O4/c1-19(2,24-13-11-22-17-9-5-3-7-15(17)20)25-14-12-23-18-10-6-4-8-16(18)21/h3-10H,11-14,20-21H2,1-2H3. The van der Waals surface area contributed by atoms with Gasteiger partial charge in [-0.15, -0.1) is 0 Å². The zero-order valence-electron chi connectivity index (χ0n) is 14.7. The number of nitrogens with two attached hydrogens (primary N) is 2. The lowest BCUT2D eigenvalue weighted by atomic mass is 10.3. The Kier molecular flexibility index (Phi) is 6.91. The first-order valence-electron chi connectivity index (χ1n) is 8.20. The molecule has 0 radical (unpaired) electrons. The van der Waals surface area contributed by atoms with Gasteiger partial charge < -0.3 is 30.4 Å². The van der Waals surface area contributed by atoms with E-state index in [9.17, 15) is 0 Å². The van der Waals surface area contributed by atoms with Crippen molar-refractivity contribution in [1.29, 1.82) is 0 Å². The van der Waals surface area contributed by atoms with Gasteiger partial charge in [-0.3, -0.25) is 0 Å². The Morgan fingerprint density at radius 1 is 0.680 bits per heavy atom. The van der Waals surface area contributed by atoms with E-state index in [1.54, 1.807) is 12.1 Å². The molecule has 136 valence electrons. The van der Waals surface area contributed by atoms with Crippen LogP contribution in [-0.2, 0) is 9.47 Å². The van der Waals surface area contributed by atoms with E-state index in [4.69, 9.17) is 30.4 Å². The van der Waals surface area contributed by atoms with Gasteiger partial charge in [0.2, 0.25) is 0 Å². The molecule has 0 atom stereocenters. The molecular formula is C19H26N2O4. The van der Waals surface area contributed by atoms with Gasteiger partial charge in [-0.2, -0.15) is 0 Å². The van der Waals surface area contributed by atoms with Crippen LogP contribution in [-0.4, -0.2) is 32.2 Å². The van der Waals surface area contributed by atoms with E-state index in [-0.39, 0.29) is 0 Å². The smallest absolute Gasteiger partial charge is 0.163 e. The van der Waals surface area contributed by atoms with Crippen molar-refractivity contribution in [3.05, 3.63) is 48.5 Å². The third kappa shape index (κ3) is 6.52. The highest BCUT2D eigenvalue weighted by Gasteiger charge is 2.18. The number of nitrogen functional groups attached to an aromatic ring is 2. The molecule has 0 saturated heterocycles. The van der Waals surface area contributed by atoms with E-state index < -0.39 is 5.79 Å². The number of rotatable bonds is 10. The van der Waals surface area contributed by atoms with Crippen LogP contribution in [0.5, 0.6) is 11.5 Å². The summed E-state index contributed by atoms with van der Waals surface area (Å²) in [6.07, 6.45) is 0. The minimum Gasteiger partial charge on any atom is -0.489 e. The monoisotopic (exact) mass is 346 g/mol. The predicted octanol–water partition coefficient (Wildman–Crippen LogP) is 3.08. The highest BCUT2D eigenvalue weighted by molar-refractivity contribution is 5.52. The molecule has 0 aliphatic rings. The summed E-state index contributed by atoms with van der Waals surface area (Å²) in [4.78, 5) is 0. The van der Waals surface area contributed by atoms with Crippen molar-refractivity contribution in [2.45, 2.75) is 19.6 Å². The first-order chi connectivity index (χ1) is 12.0. The zero-order valence-corrected chi connectivity index (χ0v) is 14.7. The van der Waals surface area contributed by atoms with Crippen LogP contribution in [0.25, 0.3) is 0 Å². The maximum Gasteiger partial charge on any atom is 0.163 e. The van der Waals surface area contributed by atoms with Crippen LogP contribution in [0.2, 0.25) is 0 Å². The lowest BCUT2D eigenvalue weighted by Crippen LogP contribution is -2.32. The predicted molar refractivity (Wildman–Crippen MR) is 98.7 cm³/mol. The van der Waals surface area contributed by atoms with Gasteiger partial charge >= 0.3 is 0 Å². The summed E-state index contributed by atoms with van der Waals surface area (Å²) in [7, 11) is 0. The van der Waals surface area contributed by atoms with Crippen molar-refractivity contribution in [3.8, 4) is 11.5 Å². The minimum absolute atomic E-state index is 0.383. The highest BCUT2D eigenvalue weighted by atomic mass is 16.7. The summed E-state index contributed by atoms with van der Waals surface area (Å²) in [5.74, 6) is 0.564. The van der Waals surface area contributed by atoms with Crippen LogP contribution in [0, 0.1) is 0 Å². The van der Waals surface area contributed by atoms with Crippen molar-refractivity contribution in [2.24, 2.45) is 0 Å². The fraction of sp³-hybridized carbons (Fsp3) is 0.368. The van der Waals surface area contributed by atoms with Gasteiger partial charge in [0.05, 0.1) is 24.6 Å². The number of benzene rings is 2. The van der Waals surface area contributed by atoms with Gasteiger partial charge in [0.15, 0.2) is 5.79 Å². The van der Waals surface area contributed by atoms with Gasteiger partial charge in [-0.25, -0.2) is 0 Å². The number of ether oxygens (including phenoxy) is 4. The summed E-state index contributed by atoms with van der Waals surface area (Å²) >= 11 is 0. The quantitative estimate of drug-likeness (QED) is 0.390. The molecule has 0 aromatic heterocycles. The topological polar surface area (TPSA) is 89.0 Å². The second-order valence-electron chi connectivity index (χ2n) is 5.87. The molecule has 0 spiro atoms. The van der Waals surface area contributed by atoms with E-state index in [0.717, 1.165) is 0 Å². The van der Waals surface area contributed by atoms with Crippen molar-refractivity contribution in [1.82, 2.24) is 0 Å². The summed E-state index contributed by atoms with van der Waals surface area (Å²) in [5.41, 5.74) is 12.8. The molecule has 0 heterocycles. The average Bonchev–Trinajstić information content (AvgIpc) is 2.58. The minimum atomic E-state index is -0.739. The van der Waals surface area contributed by atoms with Gasteiger partial charge in [-0.1, -0.05) is 24.3 Å². The third-order valence-electron chi connectivity index (χ3n) is 3.42. The van der Waals surface area contributed by atoms with E-state index in [1.807, 2.05) is 50.2 Å². The molecule has 0 bridgehead atoms. The maximum atomic E-state index is 5.81. The first-order valence-corrected chi connectivity index (χ1v) is 8.20. The maximum absolute atomic E-state index is 5.81. The van der Waals surface area contributed by atoms with Crippen LogP contribution >= 0.6 is 0 Å². The molecule has 6 nitrogen and oxygen atoms in total. The Labute approximate surface area is 148 Å². The molecule has 2 rings (SSSR count). The molecule has 0 aliphatic heterocycles. The van der Waals surface area contributed by atoms with Crippen LogP contribution in [0.3, 0.4) is 0 Å². The Morgan fingerprint density at radius 3 is 1.48 bits per heavy atom. The lowest BCUT2D eigenvalue weighted by molar-refractivity contribution is -0.218. The molecule has 0 unspecified atom stereocenters. The number of hydrogen-bond acceptors (Lipinski definition) is 6. The largest absolute Gasteiger partial charge is 0.489 e. The Bertz CT molecular complexity index is 606. The van der Waals surface area contributed by atoms with Gasteiger partial charge in [0.1, 0.15) is 24.7 Å². The fourth-order valence-electron chi connectivity index (χ4n) is 2.14. The van der Waals surface area contributed by atoms with Crippen LogP contribution in [0.4, 0.5) is 11.4 Å². The third-order valence-corrected chi connectivity index (χ3v) is 3.42. The van der Waals surface area contributed by atoms with Gasteiger partial charge in [-0.05, 0) is 38.1 Å². The van der Waals surface area contributed by atoms with Crippen molar-refractivity contribution in [2.75, 3.05) is 37.9 Å². The average molecular weight is 346 g/mol. The van der Waals surface area contributed by atoms with E-state index in [1.165, 1.54) is 0 Å². The summed E-state index contributed by atoms with van der Waals surface area (Å²) in [6, 6.07) is 14.7. The Hall–Kier alpha value is -2.44. The second kappa shape index (κ2) is 9.15. The Morgan fingerprint density at radius 2 is 1.08 bits per heavy atom. The zero-order chi connectivity index (χ0) is 18.1. The van der Waals surface area contributed by atoms with E-state index in [0.29, 0.717) is 49.3 Å². The normalized spacial score (nSPS) is 11.3. The van der Waals surface area contributed by atoms with Crippen LogP contribution in [0.15, 0.2) is 48.5 Å². The highest BCUT2D eigenvalue weighted by Crippen LogP contribution is 2.21. The van der Waals surface area contributed by atoms with Gasteiger partial charge in [0.25, 0.3) is 0 Å². The molecule has 0 amide bonds. The molecule has 25 heavy (non-hydrogen) atoms. The van der Waals surface area contributed by atoms with Gasteiger partial charge in [0, 0.05) is 0 Å². The molecule has 0 saturated carbocycles. The first kappa shape index (κ1) is 18.9. The summed E-state index contributed by atoms with van der Waals surface area (Å²) in [6.45, 7) is 5.24. The number of anilines is 2. The molecule has 6 heteroatoms. The molecule has 4 N–H and O–H groups in total. The van der Waals surface area contributed by atoms with Crippen molar-refractivity contribution in [3.63, 3.8) is 0 Å². The molecule has 2 aromatic carbocycles. The van der Waals surface area contributed by atoms with Crippen LogP contribution < -0.4 is 20.9 Å². The second-order valence-corrected chi connectivity index (χ2v) is 5.87. The molecule has 0 fully saturated rings. The number of hydrogen-bond donors (Lipinski definition) is 2. The molecule has 2 aromatic rings. The van der Waals surface area contributed by atoms with Crippen molar-refractivity contribution >= 4 is 11.4 Å². The molecular weight excluding hydrogens is 320 g/mol. The van der Waals surface area contributed by atoms with Crippen molar-refractivity contribution < 1.29 is 18.9 Å². The lowest BCUT2D eigenvalue weighted by Gasteiger charge is -2.26. The van der Waals surface area contributed by atoms with E-state index in [2.05, 4.69) is 0 Å². The Balaban J connectivity index is 1.62. The SMILES string of the molecule is CC(C)(OCCOc1ccccc1N)OCCOc1ccccc1N. The summed E-state index contributed by atoms with van der Waals surface area (Å²) in [5, 5.41) is 0.